The van der Waals surface area contributed by atoms with Gasteiger partial charge in [-0.15, -0.1) is 0 Å². The zero-order chi connectivity index (χ0) is 13.0. The van der Waals surface area contributed by atoms with Gasteiger partial charge in [0.1, 0.15) is 17.6 Å². The molecule has 0 saturated heterocycles. The van der Waals surface area contributed by atoms with Crippen molar-refractivity contribution in [3.63, 3.8) is 0 Å². The normalized spacial score (nSPS) is 9.72. The van der Waals surface area contributed by atoms with E-state index >= 15 is 0 Å². The Morgan fingerprint density at radius 2 is 2.33 bits per heavy atom. The second-order valence-electron chi connectivity index (χ2n) is 3.44. The summed E-state index contributed by atoms with van der Waals surface area (Å²) in [5.74, 6) is -0.333. The molecule has 0 bridgehead atoms. The molecule has 0 aliphatic rings. The molecule has 6 heteroatoms. The third-order valence-electron chi connectivity index (χ3n) is 2.23. The van der Waals surface area contributed by atoms with Gasteiger partial charge in [0.25, 0.3) is 0 Å². The number of anilines is 1. The number of carboxylic acids is 1. The number of rotatable bonds is 4. The highest BCUT2D eigenvalue weighted by Crippen LogP contribution is 2.13. The summed E-state index contributed by atoms with van der Waals surface area (Å²) in [5.41, 5.74) is 0.419. The molecule has 0 aliphatic carbocycles. The summed E-state index contributed by atoms with van der Waals surface area (Å²) in [4.78, 5) is 14.6. The lowest BCUT2D eigenvalue weighted by Gasteiger charge is -2.04. The van der Waals surface area contributed by atoms with E-state index in [0.717, 1.165) is 0 Å². The van der Waals surface area contributed by atoms with Crippen molar-refractivity contribution in [1.29, 1.82) is 5.26 Å². The van der Waals surface area contributed by atoms with Gasteiger partial charge in [-0.3, -0.25) is 0 Å². The van der Waals surface area contributed by atoms with Crippen LogP contribution in [0.5, 0.6) is 0 Å². The van der Waals surface area contributed by atoms with Gasteiger partial charge < -0.3 is 14.8 Å². The van der Waals surface area contributed by atoms with Crippen molar-refractivity contribution in [2.45, 2.75) is 6.54 Å². The minimum Gasteiger partial charge on any atom is -0.475 e. The molecule has 2 aromatic rings. The predicted molar refractivity (Wildman–Crippen MR) is 61.9 cm³/mol. The number of hydrogen-bond donors (Lipinski definition) is 2. The van der Waals surface area contributed by atoms with Gasteiger partial charge in [0.15, 0.2) is 0 Å². The summed E-state index contributed by atoms with van der Waals surface area (Å²) < 4.78 is 5.07. The maximum atomic E-state index is 10.6. The molecule has 0 atom stereocenters. The van der Waals surface area contributed by atoms with Crippen molar-refractivity contribution in [1.82, 2.24) is 4.98 Å². The first-order valence-corrected chi connectivity index (χ1v) is 5.11. The number of carboxylic acid groups (broad SMARTS) is 1. The Labute approximate surface area is 102 Å². The molecule has 6 nitrogen and oxygen atoms in total. The van der Waals surface area contributed by atoms with Gasteiger partial charge >= 0.3 is 5.97 Å². The zero-order valence-electron chi connectivity index (χ0n) is 9.25. The maximum absolute atomic E-state index is 10.6. The minimum atomic E-state index is -1.11. The van der Waals surface area contributed by atoms with Crippen LogP contribution in [0.15, 0.2) is 34.9 Å². The van der Waals surface area contributed by atoms with E-state index in [0.29, 0.717) is 17.1 Å². The van der Waals surface area contributed by atoms with E-state index in [1.54, 1.807) is 24.4 Å². The number of nitrogens with zero attached hydrogens (tertiary/aromatic N) is 2. The quantitative estimate of drug-likeness (QED) is 0.850. The van der Waals surface area contributed by atoms with E-state index in [1.165, 1.54) is 6.07 Å². The van der Waals surface area contributed by atoms with Crippen LogP contribution in [0.25, 0.3) is 0 Å². The van der Waals surface area contributed by atoms with Gasteiger partial charge in [0, 0.05) is 6.20 Å². The van der Waals surface area contributed by atoms with Crippen molar-refractivity contribution < 1.29 is 14.3 Å². The molecule has 2 heterocycles. The predicted octanol–water partition coefficient (Wildman–Crippen LogP) is 1.86. The molecule has 2 rings (SSSR count). The maximum Gasteiger partial charge on any atom is 0.371 e. The number of carbonyl (C=O) groups is 1. The molecule has 90 valence electrons. The molecule has 0 spiro atoms. The number of aromatic carboxylic acids is 1. The molecule has 0 aliphatic heterocycles. The van der Waals surface area contributed by atoms with Gasteiger partial charge in [0.05, 0.1) is 12.1 Å². The Bertz CT molecular complexity index is 613. The Balaban J connectivity index is 2.07. The Hall–Kier alpha value is -2.81. The standard InChI is InChI=1S/C12H9N3O3/c13-6-8-2-1-5-14-11(8)15-7-9-3-4-10(18-9)12(16)17/h1-5H,7H2,(H,14,15)(H,16,17). The molecule has 0 saturated carbocycles. The van der Waals surface area contributed by atoms with Crippen LogP contribution in [0.2, 0.25) is 0 Å². The number of furan rings is 1. The Kier molecular flexibility index (Phi) is 3.25. The molecule has 0 fully saturated rings. The molecule has 0 amide bonds. The summed E-state index contributed by atoms with van der Waals surface area (Å²) in [6.07, 6.45) is 1.56. The fraction of sp³-hybridized carbons (Fsp3) is 0.0833. The second-order valence-corrected chi connectivity index (χ2v) is 3.44. The summed E-state index contributed by atoms with van der Waals surface area (Å²) in [6, 6.07) is 8.25. The second kappa shape index (κ2) is 5.01. The topological polar surface area (TPSA) is 99.2 Å². The van der Waals surface area contributed by atoms with Crippen LogP contribution in [-0.4, -0.2) is 16.1 Å². The molecule has 0 aromatic carbocycles. The Morgan fingerprint density at radius 1 is 1.50 bits per heavy atom. The number of pyridine rings is 1. The van der Waals surface area contributed by atoms with E-state index in [4.69, 9.17) is 14.8 Å². The number of hydrogen-bond acceptors (Lipinski definition) is 5. The highest BCUT2D eigenvalue weighted by Gasteiger charge is 2.09. The molecule has 0 unspecified atom stereocenters. The van der Waals surface area contributed by atoms with E-state index in [-0.39, 0.29) is 12.3 Å². The van der Waals surface area contributed by atoms with Crippen LogP contribution in [0.4, 0.5) is 5.82 Å². The first-order chi connectivity index (χ1) is 8.70. The van der Waals surface area contributed by atoms with E-state index in [1.807, 2.05) is 6.07 Å². The van der Waals surface area contributed by atoms with Crippen molar-refractivity contribution in [3.8, 4) is 6.07 Å². The van der Waals surface area contributed by atoms with Crippen LogP contribution in [-0.2, 0) is 6.54 Å². The molecular formula is C12H9N3O3. The highest BCUT2D eigenvalue weighted by molar-refractivity contribution is 5.84. The van der Waals surface area contributed by atoms with E-state index < -0.39 is 5.97 Å². The lowest BCUT2D eigenvalue weighted by Crippen LogP contribution is -2.02. The van der Waals surface area contributed by atoms with Crippen LogP contribution >= 0.6 is 0 Å². The smallest absolute Gasteiger partial charge is 0.371 e. The number of nitrogens with one attached hydrogen (secondary N) is 1. The van der Waals surface area contributed by atoms with Gasteiger partial charge in [-0.1, -0.05) is 0 Å². The zero-order valence-corrected chi connectivity index (χ0v) is 9.25. The molecule has 2 aromatic heterocycles. The van der Waals surface area contributed by atoms with Crippen LogP contribution in [0.1, 0.15) is 21.9 Å². The van der Waals surface area contributed by atoms with Crippen LogP contribution in [0, 0.1) is 11.3 Å². The summed E-state index contributed by atoms with van der Waals surface area (Å²) in [5, 5.41) is 20.5. The summed E-state index contributed by atoms with van der Waals surface area (Å²) in [7, 11) is 0. The molecule has 0 radical (unpaired) electrons. The first kappa shape index (κ1) is 11.7. The third-order valence-corrected chi connectivity index (χ3v) is 2.23. The highest BCUT2D eigenvalue weighted by atomic mass is 16.4. The third kappa shape index (κ3) is 2.47. The largest absolute Gasteiger partial charge is 0.475 e. The van der Waals surface area contributed by atoms with E-state index in [9.17, 15) is 4.79 Å². The minimum absolute atomic E-state index is 0.117. The van der Waals surface area contributed by atoms with Gasteiger partial charge in [-0.25, -0.2) is 9.78 Å². The number of aromatic nitrogens is 1. The van der Waals surface area contributed by atoms with Crippen molar-refractivity contribution in [2.24, 2.45) is 0 Å². The molecule has 18 heavy (non-hydrogen) atoms. The summed E-state index contributed by atoms with van der Waals surface area (Å²) >= 11 is 0. The SMILES string of the molecule is N#Cc1cccnc1NCc1ccc(C(=O)O)o1. The van der Waals surface area contributed by atoms with Gasteiger partial charge in [-0.05, 0) is 24.3 Å². The fourth-order valence-corrected chi connectivity index (χ4v) is 1.40. The molecule has 2 N–H and O–H groups in total. The lowest BCUT2D eigenvalue weighted by molar-refractivity contribution is 0.0660. The van der Waals surface area contributed by atoms with Crippen LogP contribution in [0.3, 0.4) is 0 Å². The Morgan fingerprint density at radius 3 is 3.00 bits per heavy atom. The molecular weight excluding hydrogens is 234 g/mol. The monoisotopic (exact) mass is 243 g/mol. The van der Waals surface area contributed by atoms with Gasteiger partial charge in [0.2, 0.25) is 5.76 Å². The van der Waals surface area contributed by atoms with Crippen molar-refractivity contribution in [2.75, 3.05) is 5.32 Å². The van der Waals surface area contributed by atoms with Crippen molar-refractivity contribution in [3.05, 3.63) is 47.5 Å². The average molecular weight is 243 g/mol. The lowest BCUT2D eigenvalue weighted by atomic mass is 10.3. The average Bonchev–Trinajstić information content (AvgIpc) is 2.85. The van der Waals surface area contributed by atoms with Gasteiger partial charge in [-0.2, -0.15) is 5.26 Å². The van der Waals surface area contributed by atoms with Crippen LogP contribution < -0.4 is 5.32 Å². The van der Waals surface area contributed by atoms with Crippen molar-refractivity contribution >= 4 is 11.8 Å². The fourth-order valence-electron chi connectivity index (χ4n) is 1.40. The number of nitriles is 1. The van der Waals surface area contributed by atoms with E-state index in [2.05, 4.69) is 10.3 Å². The first-order valence-electron chi connectivity index (χ1n) is 5.11. The summed E-state index contributed by atoms with van der Waals surface area (Å²) in [6.45, 7) is 0.263.